The zero-order valence-electron chi connectivity index (χ0n) is 22.0. The van der Waals surface area contributed by atoms with Crippen LogP contribution in [-0.4, -0.2) is 72.1 Å². The van der Waals surface area contributed by atoms with Crippen molar-refractivity contribution < 1.29 is 27.8 Å². The molecule has 2 heterocycles. The Hall–Kier alpha value is -3.27. The Balaban J connectivity index is 1.64. The van der Waals surface area contributed by atoms with Crippen molar-refractivity contribution in [2.45, 2.75) is 31.2 Å². The fourth-order valence-electron chi connectivity index (χ4n) is 6.33. The molecule has 0 radical (unpaired) electrons. The fourth-order valence-corrected chi connectivity index (χ4v) is 7.21. The van der Waals surface area contributed by atoms with Gasteiger partial charge in [0.15, 0.2) is 5.78 Å². The van der Waals surface area contributed by atoms with Crippen LogP contribution < -0.4 is 0 Å². The third-order valence-electron chi connectivity index (χ3n) is 8.31. The molecule has 4 atom stereocenters. The number of phenols is 2. The molecular formula is C30H33FN2O5S. The Kier molecular flexibility index (Phi) is 7.50. The molecule has 3 aromatic rings. The van der Waals surface area contributed by atoms with Gasteiger partial charge in [0, 0.05) is 55.5 Å². The van der Waals surface area contributed by atoms with E-state index < -0.39 is 21.9 Å². The number of hydrogen-bond acceptors (Lipinski definition) is 6. The SMILES string of the molecule is Cc1c(F)cccc1[C@H]1[C@@H](C(=O)c2cccc(O)c2)CN(C2CCN(S(C)(=O)=O)C2)C[C@@H]1c1ccccc1O. The second-order valence-corrected chi connectivity index (χ2v) is 12.7. The predicted molar refractivity (Wildman–Crippen MR) is 147 cm³/mol. The van der Waals surface area contributed by atoms with E-state index in [9.17, 15) is 27.8 Å². The first-order valence-corrected chi connectivity index (χ1v) is 14.9. The van der Waals surface area contributed by atoms with Gasteiger partial charge in [-0.3, -0.25) is 9.69 Å². The van der Waals surface area contributed by atoms with Gasteiger partial charge in [0.2, 0.25) is 10.0 Å². The van der Waals surface area contributed by atoms with Gasteiger partial charge in [-0.15, -0.1) is 0 Å². The van der Waals surface area contributed by atoms with Gasteiger partial charge in [0.1, 0.15) is 17.3 Å². The average Bonchev–Trinajstić information content (AvgIpc) is 3.41. The molecule has 0 amide bonds. The Labute approximate surface area is 228 Å². The molecule has 2 saturated heterocycles. The number of halogens is 1. The van der Waals surface area contributed by atoms with Gasteiger partial charge in [0.05, 0.1) is 6.26 Å². The van der Waals surface area contributed by atoms with Crippen LogP contribution in [0.15, 0.2) is 66.7 Å². The summed E-state index contributed by atoms with van der Waals surface area (Å²) in [5.74, 6) is -1.97. The van der Waals surface area contributed by atoms with Crippen LogP contribution in [0.2, 0.25) is 0 Å². The summed E-state index contributed by atoms with van der Waals surface area (Å²) in [7, 11) is -3.36. The second kappa shape index (κ2) is 10.7. The second-order valence-electron chi connectivity index (χ2n) is 10.7. The Bertz CT molecular complexity index is 1490. The number of para-hydroxylation sites is 1. The van der Waals surface area contributed by atoms with E-state index in [1.165, 1.54) is 28.8 Å². The van der Waals surface area contributed by atoms with Crippen LogP contribution in [-0.2, 0) is 10.0 Å². The van der Waals surface area contributed by atoms with E-state index in [1.54, 1.807) is 37.3 Å². The van der Waals surface area contributed by atoms with Gasteiger partial charge in [-0.05, 0) is 54.3 Å². The van der Waals surface area contributed by atoms with Crippen LogP contribution in [0.3, 0.4) is 0 Å². The van der Waals surface area contributed by atoms with E-state index in [2.05, 4.69) is 4.90 Å². The zero-order chi connectivity index (χ0) is 27.9. The first-order valence-electron chi connectivity index (χ1n) is 13.1. The van der Waals surface area contributed by atoms with Crippen molar-refractivity contribution in [3.8, 4) is 11.5 Å². The average molecular weight is 553 g/mol. The Morgan fingerprint density at radius 3 is 2.36 bits per heavy atom. The van der Waals surface area contributed by atoms with E-state index >= 15 is 0 Å². The number of rotatable bonds is 6. The van der Waals surface area contributed by atoms with Crippen molar-refractivity contribution in [3.63, 3.8) is 0 Å². The molecule has 0 aromatic heterocycles. The summed E-state index contributed by atoms with van der Waals surface area (Å²) in [6, 6.07) is 18.0. The Morgan fingerprint density at radius 1 is 0.949 bits per heavy atom. The topological polar surface area (TPSA) is 98.2 Å². The molecule has 5 rings (SSSR count). The van der Waals surface area contributed by atoms with Crippen molar-refractivity contribution in [2.75, 3.05) is 32.4 Å². The fraction of sp³-hybridized carbons (Fsp3) is 0.367. The monoisotopic (exact) mass is 552 g/mol. The number of carbonyl (C=O) groups excluding carboxylic acids is 1. The highest BCUT2D eigenvalue weighted by molar-refractivity contribution is 7.88. The lowest BCUT2D eigenvalue weighted by atomic mass is 9.67. The van der Waals surface area contributed by atoms with Gasteiger partial charge in [-0.1, -0.05) is 42.5 Å². The molecule has 1 unspecified atom stereocenters. The summed E-state index contributed by atoms with van der Waals surface area (Å²) in [4.78, 5) is 16.3. The summed E-state index contributed by atoms with van der Waals surface area (Å²) < 4.78 is 40.8. The number of carbonyl (C=O) groups is 1. The maximum Gasteiger partial charge on any atom is 0.211 e. The number of hydrogen-bond donors (Lipinski definition) is 2. The number of piperidine rings is 1. The lowest BCUT2D eigenvalue weighted by Gasteiger charge is -2.46. The van der Waals surface area contributed by atoms with Crippen molar-refractivity contribution in [1.29, 1.82) is 0 Å². The molecule has 3 aromatic carbocycles. The summed E-state index contributed by atoms with van der Waals surface area (Å²) in [6.07, 6.45) is 1.82. The number of aromatic hydroxyl groups is 2. The van der Waals surface area contributed by atoms with Crippen LogP contribution in [0.5, 0.6) is 11.5 Å². The molecule has 2 fully saturated rings. The van der Waals surface area contributed by atoms with Gasteiger partial charge >= 0.3 is 0 Å². The molecule has 2 aliphatic rings. The number of sulfonamides is 1. The zero-order valence-corrected chi connectivity index (χ0v) is 22.8. The van der Waals surface area contributed by atoms with E-state index in [1.807, 2.05) is 18.2 Å². The summed E-state index contributed by atoms with van der Waals surface area (Å²) in [5, 5.41) is 21.0. The van der Waals surface area contributed by atoms with Crippen molar-refractivity contribution in [1.82, 2.24) is 9.21 Å². The van der Waals surface area contributed by atoms with Crippen LogP contribution in [0, 0.1) is 18.7 Å². The Morgan fingerprint density at radius 2 is 1.67 bits per heavy atom. The van der Waals surface area contributed by atoms with Gasteiger partial charge in [0.25, 0.3) is 0 Å². The quantitative estimate of drug-likeness (QED) is 0.444. The highest BCUT2D eigenvalue weighted by Gasteiger charge is 2.46. The molecule has 0 aliphatic carbocycles. The number of likely N-dealkylation sites (tertiary alicyclic amines) is 1. The third-order valence-corrected chi connectivity index (χ3v) is 9.58. The first-order chi connectivity index (χ1) is 18.5. The summed E-state index contributed by atoms with van der Waals surface area (Å²) in [5.41, 5.74) is 2.16. The van der Waals surface area contributed by atoms with E-state index in [0.717, 1.165) is 0 Å². The van der Waals surface area contributed by atoms with Crippen LogP contribution >= 0.6 is 0 Å². The van der Waals surface area contributed by atoms with E-state index in [-0.39, 0.29) is 35.1 Å². The van der Waals surface area contributed by atoms with Gasteiger partial charge in [-0.2, -0.15) is 0 Å². The molecule has 2 N–H and O–H groups in total. The van der Waals surface area contributed by atoms with Crippen LogP contribution in [0.4, 0.5) is 4.39 Å². The normalized spacial score (nSPS) is 24.6. The maximum absolute atomic E-state index is 14.9. The number of nitrogens with zero attached hydrogens (tertiary/aromatic N) is 2. The highest BCUT2D eigenvalue weighted by Crippen LogP contribution is 2.48. The van der Waals surface area contributed by atoms with Crippen LogP contribution in [0.1, 0.15) is 45.3 Å². The van der Waals surface area contributed by atoms with Gasteiger partial charge in [-0.25, -0.2) is 17.1 Å². The smallest absolute Gasteiger partial charge is 0.211 e. The molecule has 39 heavy (non-hydrogen) atoms. The minimum atomic E-state index is -3.36. The van der Waals surface area contributed by atoms with E-state index in [4.69, 9.17) is 0 Å². The number of phenolic OH excluding ortho intramolecular Hbond substituents is 2. The summed E-state index contributed by atoms with van der Waals surface area (Å²) in [6.45, 7) is 3.23. The van der Waals surface area contributed by atoms with Crippen molar-refractivity contribution >= 4 is 15.8 Å². The van der Waals surface area contributed by atoms with Crippen molar-refractivity contribution in [3.05, 3.63) is 94.8 Å². The predicted octanol–water partition coefficient (Wildman–Crippen LogP) is 4.26. The lowest BCUT2D eigenvalue weighted by Crippen LogP contribution is -2.51. The minimum Gasteiger partial charge on any atom is -0.508 e. The molecule has 0 spiro atoms. The lowest BCUT2D eigenvalue weighted by molar-refractivity contribution is 0.0646. The summed E-state index contributed by atoms with van der Waals surface area (Å²) >= 11 is 0. The molecule has 206 valence electrons. The third kappa shape index (κ3) is 5.44. The largest absolute Gasteiger partial charge is 0.508 e. The number of ketones is 1. The minimum absolute atomic E-state index is 0.0242. The van der Waals surface area contributed by atoms with Crippen LogP contribution in [0.25, 0.3) is 0 Å². The van der Waals surface area contributed by atoms with Crippen molar-refractivity contribution in [2.24, 2.45) is 5.92 Å². The number of benzene rings is 3. The molecule has 2 aliphatic heterocycles. The standard InChI is InChI=1S/C30H33FN2O5S/c1-19-23(10-6-11-27(19)31)29-25(24-9-3-4-12-28(24)35)17-32(21-13-14-33(16-21)39(2,37)38)18-26(29)30(36)20-7-5-8-22(34)15-20/h3-12,15,21,25-26,29,34-35H,13-14,16-18H2,1-2H3/t21?,25-,26+,29-/m1/s1. The molecule has 9 heteroatoms. The molecule has 0 saturated carbocycles. The molecule has 7 nitrogen and oxygen atoms in total. The first kappa shape index (κ1) is 27.3. The molecular weight excluding hydrogens is 519 g/mol. The molecule has 0 bridgehead atoms. The highest BCUT2D eigenvalue weighted by atomic mass is 32.2. The van der Waals surface area contributed by atoms with Gasteiger partial charge < -0.3 is 10.2 Å². The maximum atomic E-state index is 14.9. The van der Waals surface area contributed by atoms with E-state index in [0.29, 0.717) is 54.9 Å². The number of Topliss-reactive ketones (excluding diaryl/α,β-unsaturated/α-hetero) is 1.